The number of benzene rings is 2. The van der Waals surface area contributed by atoms with E-state index < -0.39 is 5.25 Å². The Balaban J connectivity index is 1.65. The number of aliphatic hydroxyl groups excluding tert-OH is 1. The largest absolute Gasteiger partial charge is 0.510 e. The second-order valence-corrected chi connectivity index (χ2v) is 8.18. The number of rotatable bonds is 5. The molecule has 30 heavy (non-hydrogen) atoms. The van der Waals surface area contributed by atoms with Gasteiger partial charge in [-0.1, -0.05) is 30.0 Å². The molecule has 150 valence electrons. The number of aromatic amines is 1. The van der Waals surface area contributed by atoms with Crippen molar-refractivity contribution < 1.29 is 5.11 Å². The predicted octanol–water partition coefficient (Wildman–Crippen LogP) is 4.13. The van der Waals surface area contributed by atoms with Crippen LogP contribution in [-0.4, -0.2) is 40.5 Å². The lowest BCUT2D eigenvalue weighted by molar-refractivity contribution is 0.401. The van der Waals surface area contributed by atoms with Crippen molar-refractivity contribution in [2.45, 2.75) is 31.2 Å². The number of para-hydroxylation sites is 2. The van der Waals surface area contributed by atoms with E-state index in [-0.39, 0.29) is 11.3 Å². The minimum Gasteiger partial charge on any atom is -0.510 e. The summed E-state index contributed by atoms with van der Waals surface area (Å²) in [5, 5.41) is 32.4. The topological polar surface area (TPSA) is 116 Å². The van der Waals surface area contributed by atoms with E-state index in [2.05, 4.69) is 31.6 Å². The third-order valence-corrected chi connectivity index (χ3v) is 5.88. The molecule has 2 N–H and O–H groups in total. The molecule has 2 aromatic carbocycles. The summed E-state index contributed by atoms with van der Waals surface area (Å²) in [4.78, 5) is 7.50. The number of thioether (sulfide) groups is 1. The molecule has 1 atom stereocenters. The van der Waals surface area contributed by atoms with Crippen molar-refractivity contribution in [3.8, 4) is 11.8 Å². The van der Waals surface area contributed by atoms with Crippen LogP contribution in [0.15, 0.2) is 53.4 Å². The Hall–Kier alpha value is -3.64. The molecule has 0 fully saturated rings. The van der Waals surface area contributed by atoms with Crippen LogP contribution in [0.25, 0.3) is 22.3 Å². The molecule has 0 amide bonds. The number of aromatic nitrogens is 6. The van der Waals surface area contributed by atoms with Crippen LogP contribution in [0.2, 0.25) is 0 Å². The van der Waals surface area contributed by atoms with Gasteiger partial charge in [0.2, 0.25) is 5.16 Å². The summed E-state index contributed by atoms with van der Waals surface area (Å²) in [6, 6.07) is 15.5. The van der Waals surface area contributed by atoms with Gasteiger partial charge in [0.25, 0.3) is 0 Å². The third kappa shape index (κ3) is 3.65. The molecule has 0 aliphatic rings. The highest BCUT2D eigenvalue weighted by Crippen LogP contribution is 2.30. The molecule has 0 radical (unpaired) electrons. The monoisotopic (exact) mass is 417 g/mol. The van der Waals surface area contributed by atoms with E-state index in [0.29, 0.717) is 11.0 Å². The predicted molar refractivity (Wildman–Crippen MR) is 115 cm³/mol. The first-order valence-electron chi connectivity index (χ1n) is 9.29. The standard InChI is InChI=1S/C21H19N7OS/c1-12-8-9-15(10-13(12)2)28-21(25-26-27-28)30-14(3)19(29)16(11-22)20-23-17-6-4-5-7-18(17)24-20/h4-10,14,29H,1-3H3,(H,23,24)/b19-16-. The van der Waals surface area contributed by atoms with Crippen LogP contribution in [-0.2, 0) is 0 Å². The summed E-state index contributed by atoms with van der Waals surface area (Å²) < 4.78 is 1.62. The molecule has 4 aromatic rings. The summed E-state index contributed by atoms with van der Waals surface area (Å²) in [6.45, 7) is 5.86. The number of fused-ring (bicyclic) bond motifs is 1. The van der Waals surface area contributed by atoms with Crippen molar-refractivity contribution in [2.75, 3.05) is 0 Å². The van der Waals surface area contributed by atoms with Crippen LogP contribution < -0.4 is 0 Å². The Morgan fingerprint density at radius 3 is 2.73 bits per heavy atom. The van der Waals surface area contributed by atoms with Gasteiger partial charge >= 0.3 is 0 Å². The van der Waals surface area contributed by atoms with Crippen LogP contribution in [0.5, 0.6) is 0 Å². The fourth-order valence-electron chi connectivity index (χ4n) is 2.99. The van der Waals surface area contributed by atoms with Gasteiger partial charge in [0.1, 0.15) is 17.4 Å². The van der Waals surface area contributed by atoms with Crippen molar-refractivity contribution in [3.63, 3.8) is 0 Å². The van der Waals surface area contributed by atoms with E-state index in [0.717, 1.165) is 22.3 Å². The zero-order valence-corrected chi connectivity index (χ0v) is 17.5. The lowest BCUT2D eigenvalue weighted by atomic mass is 10.1. The molecular formula is C21H19N7OS. The molecule has 1 unspecified atom stereocenters. The minimum absolute atomic E-state index is 0.0869. The summed E-state index contributed by atoms with van der Waals surface area (Å²) in [7, 11) is 0. The van der Waals surface area contributed by atoms with Crippen LogP contribution >= 0.6 is 11.8 Å². The number of aliphatic hydroxyl groups is 1. The molecule has 0 saturated heterocycles. The Bertz CT molecular complexity index is 1270. The van der Waals surface area contributed by atoms with Crippen LogP contribution in [0.3, 0.4) is 0 Å². The number of nitrogens with zero attached hydrogens (tertiary/aromatic N) is 6. The van der Waals surface area contributed by atoms with E-state index in [1.807, 2.05) is 56.3 Å². The van der Waals surface area contributed by atoms with Crippen LogP contribution in [0.4, 0.5) is 0 Å². The van der Waals surface area contributed by atoms with Crippen molar-refractivity contribution in [2.24, 2.45) is 0 Å². The molecule has 4 rings (SSSR count). The maximum Gasteiger partial charge on any atom is 0.214 e. The van der Waals surface area contributed by atoms with E-state index in [9.17, 15) is 10.4 Å². The number of allylic oxidation sites excluding steroid dienone is 1. The first kappa shape index (κ1) is 19.7. The molecule has 9 heteroatoms. The Kier molecular flexibility index (Phi) is 5.25. The molecular weight excluding hydrogens is 398 g/mol. The van der Waals surface area contributed by atoms with Gasteiger partial charge in [0, 0.05) is 0 Å². The Morgan fingerprint density at radius 1 is 1.20 bits per heavy atom. The average molecular weight is 417 g/mol. The van der Waals surface area contributed by atoms with Gasteiger partial charge in [-0.3, -0.25) is 0 Å². The van der Waals surface area contributed by atoms with E-state index in [4.69, 9.17) is 0 Å². The lowest BCUT2D eigenvalue weighted by Gasteiger charge is -2.12. The summed E-state index contributed by atoms with van der Waals surface area (Å²) in [5.74, 6) is 0.244. The fourth-order valence-corrected chi connectivity index (χ4v) is 3.86. The maximum atomic E-state index is 10.8. The van der Waals surface area contributed by atoms with Crippen LogP contribution in [0.1, 0.15) is 23.9 Å². The van der Waals surface area contributed by atoms with Gasteiger partial charge in [0.15, 0.2) is 5.82 Å². The molecule has 0 bridgehead atoms. The minimum atomic E-state index is -0.468. The first-order valence-corrected chi connectivity index (χ1v) is 10.2. The number of hydrogen-bond donors (Lipinski definition) is 2. The summed E-state index contributed by atoms with van der Waals surface area (Å²) in [5.41, 5.74) is 4.76. The number of nitriles is 1. The number of tetrazole rings is 1. The number of aryl methyl sites for hydroxylation is 2. The van der Waals surface area contributed by atoms with Crippen LogP contribution in [0, 0.1) is 25.2 Å². The second-order valence-electron chi connectivity index (χ2n) is 6.88. The van der Waals surface area contributed by atoms with Crippen molar-refractivity contribution in [1.29, 1.82) is 5.26 Å². The Labute approximate surface area is 177 Å². The highest BCUT2D eigenvalue weighted by molar-refractivity contribution is 7.99. The van der Waals surface area contributed by atoms with Crippen molar-refractivity contribution in [1.82, 2.24) is 30.2 Å². The number of imidazole rings is 1. The van der Waals surface area contributed by atoms with E-state index in [1.165, 1.54) is 17.3 Å². The average Bonchev–Trinajstić information content (AvgIpc) is 3.37. The fraction of sp³-hybridized carbons (Fsp3) is 0.190. The SMILES string of the molecule is Cc1ccc(-n2nnnc2SC(C)/C(O)=C(\C#N)c2nc3ccccc3[nH]2)cc1C. The van der Waals surface area contributed by atoms with Gasteiger partial charge < -0.3 is 10.1 Å². The molecule has 2 heterocycles. The van der Waals surface area contributed by atoms with Gasteiger partial charge in [-0.2, -0.15) is 9.94 Å². The van der Waals surface area contributed by atoms with Gasteiger partial charge in [0.05, 0.1) is 22.0 Å². The third-order valence-electron chi connectivity index (χ3n) is 4.84. The lowest BCUT2D eigenvalue weighted by Crippen LogP contribution is -2.08. The molecule has 2 aromatic heterocycles. The Morgan fingerprint density at radius 2 is 2.00 bits per heavy atom. The normalized spacial score (nSPS) is 13.1. The van der Waals surface area contributed by atoms with Gasteiger partial charge in [-0.25, -0.2) is 4.98 Å². The highest BCUT2D eigenvalue weighted by Gasteiger charge is 2.22. The van der Waals surface area contributed by atoms with Gasteiger partial charge in [-0.15, -0.1) is 5.10 Å². The molecule has 0 spiro atoms. The quantitative estimate of drug-likeness (QED) is 0.285. The molecule has 0 saturated carbocycles. The zero-order chi connectivity index (χ0) is 21.3. The number of hydrogen-bond acceptors (Lipinski definition) is 7. The molecule has 0 aliphatic carbocycles. The summed E-state index contributed by atoms with van der Waals surface area (Å²) in [6.07, 6.45) is 0. The van der Waals surface area contributed by atoms with E-state index >= 15 is 0 Å². The molecule has 0 aliphatic heterocycles. The second kappa shape index (κ2) is 8.00. The van der Waals surface area contributed by atoms with E-state index in [1.54, 1.807) is 11.6 Å². The highest BCUT2D eigenvalue weighted by atomic mass is 32.2. The van der Waals surface area contributed by atoms with Crippen molar-refractivity contribution >= 4 is 28.4 Å². The van der Waals surface area contributed by atoms with Crippen molar-refractivity contribution in [3.05, 3.63) is 65.2 Å². The van der Waals surface area contributed by atoms with Gasteiger partial charge in [-0.05, 0) is 66.6 Å². The zero-order valence-electron chi connectivity index (χ0n) is 16.7. The first-order chi connectivity index (χ1) is 14.5. The number of H-pyrrole nitrogens is 1. The molecule has 8 nitrogen and oxygen atoms in total. The maximum absolute atomic E-state index is 10.8. The number of nitrogens with one attached hydrogen (secondary N) is 1. The summed E-state index contributed by atoms with van der Waals surface area (Å²) >= 11 is 1.26. The smallest absolute Gasteiger partial charge is 0.214 e.